The molecule has 2 saturated heterocycles. The number of rotatable bonds is 9. The van der Waals surface area contributed by atoms with E-state index in [9.17, 15) is 4.79 Å². The van der Waals surface area contributed by atoms with Crippen LogP contribution in [0.5, 0.6) is 0 Å². The molecule has 0 aliphatic carbocycles. The molecule has 0 saturated carbocycles. The number of carbonyl (C=O) groups excluding carboxylic acids is 1. The van der Waals surface area contributed by atoms with Crippen LogP contribution in [-0.2, 0) is 22.6 Å². The van der Waals surface area contributed by atoms with Gasteiger partial charge in [-0.15, -0.1) is 0 Å². The zero-order valence-corrected chi connectivity index (χ0v) is 18.0. The maximum atomic E-state index is 12.3. The maximum absolute atomic E-state index is 12.3. The third-order valence-corrected chi connectivity index (χ3v) is 5.49. The SMILES string of the molecule is CCCCOC/C=C1\C(=C(N)N)NC(=O)CN1Cc1cccc(CN2CCCC2)c1. The lowest BCUT2D eigenvalue weighted by molar-refractivity contribution is -0.122. The molecular formula is C23H35N5O2. The molecule has 164 valence electrons. The van der Waals surface area contributed by atoms with Gasteiger partial charge in [0, 0.05) is 19.7 Å². The molecule has 0 aromatic heterocycles. The van der Waals surface area contributed by atoms with Crippen molar-refractivity contribution in [2.45, 2.75) is 45.7 Å². The first-order valence-corrected chi connectivity index (χ1v) is 10.9. The maximum Gasteiger partial charge on any atom is 0.244 e. The Kier molecular flexibility index (Phi) is 8.16. The van der Waals surface area contributed by atoms with E-state index in [0.717, 1.165) is 30.6 Å². The van der Waals surface area contributed by atoms with Gasteiger partial charge in [0.2, 0.25) is 5.91 Å². The molecule has 2 aliphatic rings. The second kappa shape index (κ2) is 11.0. The second-order valence-electron chi connectivity index (χ2n) is 8.06. The summed E-state index contributed by atoms with van der Waals surface area (Å²) in [6, 6.07) is 8.60. The number of nitrogens with one attached hydrogen (secondary N) is 1. The second-order valence-corrected chi connectivity index (χ2v) is 8.06. The van der Waals surface area contributed by atoms with E-state index in [2.05, 4.69) is 41.4 Å². The van der Waals surface area contributed by atoms with Crippen molar-refractivity contribution in [3.8, 4) is 0 Å². The number of carbonyl (C=O) groups is 1. The van der Waals surface area contributed by atoms with Crippen molar-refractivity contribution in [2.75, 3.05) is 32.8 Å². The molecule has 5 N–H and O–H groups in total. The van der Waals surface area contributed by atoms with E-state index >= 15 is 0 Å². The first-order chi connectivity index (χ1) is 14.6. The standard InChI is InChI=1S/C23H35N5O2/c1-2-3-12-30-13-9-20-22(23(24)25)26-21(29)17-28(20)16-19-8-6-7-18(14-19)15-27-10-4-5-11-27/h6-9,14H,2-5,10-13,15-17,24-25H2,1H3,(H,26,29)/b20-9+. The van der Waals surface area contributed by atoms with Gasteiger partial charge >= 0.3 is 0 Å². The molecule has 7 heteroatoms. The molecule has 2 heterocycles. The van der Waals surface area contributed by atoms with Crippen LogP contribution in [0.15, 0.2) is 47.6 Å². The molecule has 3 rings (SSSR count). The summed E-state index contributed by atoms with van der Waals surface area (Å²) in [6.07, 6.45) is 6.64. The van der Waals surface area contributed by atoms with Crippen LogP contribution in [0.2, 0.25) is 0 Å². The van der Waals surface area contributed by atoms with Crippen LogP contribution in [0.25, 0.3) is 0 Å². The molecule has 0 radical (unpaired) electrons. The molecule has 0 atom stereocenters. The van der Waals surface area contributed by atoms with Crippen LogP contribution in [0.1, 0.15) is 43.7 Å². The molecule has 2 fully saturated rings. The Bertz CT molecular complexity index is 780. The van der Waals surface area contributed by atoms with Gasteiger partial charge in [-0.05, 0) is 49.6 Å². The largest absolute Gasteiger partial charge is 0.384 e. The molecule has 0 bridgehead atoms. The Labute approximate surface area is 179 Å². The van der Waals surface area contributed by atoms with Gasteiger partial charge in [-0.3, -0.25) is 9.69 Å². The highest BCUT2D eigenvalue weighted by Gasteiger charge is 2.26. The summed E-state index contributed by atoms with van der Waals surface area (Å²) >= 11 is 0. The number of nitrogens with zero attached hydrogens (tertiary/aromatic N) is 2. The number of nitrogens with two attached hydrogens (primary N) is 2. The van der Waals surface area contributed by atoms with Gasteiger partial charge in [-0.25, -0.2) is 0 Å². The molecule has 30 heavy (non-hydrogen) atoms. The van der Waals surface area contributed by atoms with Crippen LogP contribution in [0.3, 0.4) is 0 Å². The van der Waals surface area contributed by atoms with Crippen molar-refractivity contribution in [1.29, 1.82) is 0 Å². The summed E-state index contributed by atoms with van der Waals surface area (Å²) in [7, 11) is 0. The number of unbranched alkanes of at least 4 members (excludes halogenated alkanes) is 1. The fraction of sp³-hybridized carbons (Fsp3) is 0.522. The number of ether oxygens (including phenoxy) is 1. The number of hydrogen-bond donors (Lipinski definition) is 3. The minimum absolute atomic E-state index is 0.107. The molecule has 0 spiro atoms. The summed E-state index contributed by atoms with van der Waals surface area (Å²) in [4.78, 5) is 16.8. The van der Waals surface area contributed by atoms with Gasteiger partial charge < -0.3 is 26.4 Å². The van der Waals surface area contributed by atoms with E-state index in [-0.39, 0.29) is 18.3 Å². The van der Waals surface area contributed by atoms with E-state index in [1.807, 2.05) is 11.0 Å². The van der Waals surface area contributed by atoms with Crippen LogP contribution < -0.4 is 16.8 Å². The highest BCUT2D eigenvalue weighted by molar-refractivity contribution is 5.83. The monoisotopic (exact) mass is 413 g/mol. The number of benzene rings is 1. The summed E-state index contributed by atoms with van der Waals surface area (Å²) in [5.74, 6) is -0.00804. The molecule has 0 unspecified atom stereocenters. The fourth-order valence-corrected chi connectivity index (χ4v) is 3.97. The first kappa shape index (κ1) is 22.2. The van der Waals surface area contributed by atoms with Crippen molar-refractivity contribution < 1.29 is 9.53 Å². The molecule has 1 aromatic rings. The van der Waals surface area contributed by atoms with Gasteiger partial charge in [0.15, 0.2) is 0 Å². The van der Waals surface area contributed by atoms with Gasteiger partial charge in [-0.2, -0.15) is 0 Å². The summed E-state index contributed by atoms with van der Waals surface area (Å²) in [6.45, 7) is 7.48. The normalized spacial score (nSPS) is 18.8. The third-order valence-electron chi connectivity index (χ3n) is 5.49. The van der Waals surface area contributed by atoms with Gasteiger partial charge in [0.25, 0.3) is 0 Å². The summed E-state index contributed by atoms with van der Waals surface area (Å²) < 4.78 is 5.70. The Balaban J connectivity index is 1.74. The smallest absolute Gasteiger partial charge is 0.244 e. The van der Waals surface area contributed by atoms with Crippen molar-refractivity contribution >= 4 is 5.91 Å². The Morgan fingerprint density at radius 1 is 1.20 bits per heavy atom. The zero-order valence-electron chi connectivity index (χ0n) is 18.0. The predicted octanol–water partition coefficient (Wildman–Crippen LogP) is 2.00. The number of piperazine rings is 1. The lowest BCUT2D eigenvalue weighted by atomic mass is 10.1. The van der Waals surface area contributed by atoms with Crippen LogP contribution in [0, 0.1) is 0 Å². The average molecular weight is 414 g/mol. The minimum atomic E-state index is -0.115. The third kappa shape index (κ3) is 6.24. The van der Waals surface area contributed by atoms with E-state index < -0.39 is 0 Å². The minimum Gasteiger partial charge on any atom is -0.384 e. The van der Waals surface area contributed by atoms with Gasteiger partial charge in [0.05, 0.1) is 18.8 Å². The lowest BCUT2D eigenvalue weighted by Crippen LogP contribution is -2.46. The Hall–Kier alpha value is -2.51. The topological polar surface area (TPSA) is 96.8 Å². The van der Waals surface area contributed by atoms with Crippen molar-refractivity contribution in [3.05, 3.63) is 58.7 Å². The average Bonchev–Trinajstić information content (AvgIpc) is 3.22. The molecule has 2 aliphatic heterocycles. The van der Waals surface area contributed by atoms with Crippen LogP contribution in [-0.4, -0.2) is 48.6 Å². The van der Waals surface area contributed by atoms with E-state index in [4.69, 9.17) is 16.2 Å². The molecule has 1 aromatic carbocycles. The Morgan fingerprint density at radius 3 is 2.63 bits per heavy atom. The van der Waals surface area contributed by atoms with Crippen LogP contribution in [0.4, 0.5) is 0 Å². The van der Waals surface area contributed by atoms with Crippen molar-refractivity contribution in [3.63, 3.8) is 0 Å². The number of amides is 1. The molecule has 1 amide bonds. The van der Waals surface area contributed by atoms with E-state index in [0.29, 0.717) is 25.5 Å². The summed E-state index contributed by atoms with van der Waals surface area (Å²) in [5, 5.41) is 2.81. The lowest BCUT2D eigenvalue weighted by Gasteiger charge is -2.34. The number of likely N-dealkylation sites (tertiary alicyclic amines) is 1. The Morgan fingerprint density at radius 2 is 1.93 bits per heavy atom. The van der Waals surface area contributed by atoms with Crippen LogP contribution >= 0.6 is 0 Å². The van der Waals surface area contributed by atoms with E-state index in [1.165, 1.54) is 31.5 Å². The van der Waals surface area contributed by atoms with E-state index in [1.54, 1.807) is 0 Å². The zero-order chi connectivity index (χ0) is 21.3. The number of hydrogen-bond acceptors (Lipinski definition) is 6. The first-order valence-electron chi connectivity index (χ1n) is 10.9. The quantitative estimate of drug-likeness (QED) is 0.536. The van der Waals surface area contributed by atoms with Gasteiger partial charge in [-0.1, -0.05) is 37.6 Å². The highest BCUT2D eigenvalue weighted by Crippen LogP contribution is 2.22. The summed E-state index contributed by atoms with van der Waals surface area (Å²) in [5.41, 5.74) is 15.5. The predicted molar refractivity (Wildman–Crippen MR) is 119 cm³/mol. The van der Waals surface area contributed by atoms with Crippen molar-refractivity contribution in [2.24, 2.45) is 11.5 Å². The van der Waals surface area contributed by atoms with Crippen molar-refractivity contribution in [1.82, 2.24) is 15.1 Å². The molecular weight excluding hydrogens is 378 g/mol. The highest BCUT2D eigenvalue weighted by atomic mass is 16.5. The molecule has 7 nitrogen and oxygen atoms in total. The van der Waals surface area contributed by atoms with Gasteiger partial charge in [0.1, 0.15) is 11.5 Å². The fourth-order valence-electron chi connectivity index (χ4n) is 3.97.